The molecule has 0 saturated heterocycles. The Morgan fingerprint density at radius 3 is 2.14 bits per heavy atom. The molecule has 4 heteroatoms. The number of rotatable bonds is 0. The zero-order valence-electron chi connectivity index (χ0n) is 7.60. The first kappa shape index (κ1) is 20.0. The Morgan fingerprint density at radius 2 is 1.57 bits per heavy atom. The van der Waals surface area contributed by atoms with Gasteiger partial charge in [-0.3, -0.25) is 0 Å². The molecule has 74 valence electrons. The molecule has 0 amide bonds. The maximum atomic E-state index is 2.20. The van der Waals surface area contributed by atoms with Gasteiger partial charge in [-0.15, -0.1) is 40.6 Å². The summed E-state index contributed by atoms with van der Waals surface area (Å²) in [5, 5.41) is 2.69. The molecule has 0 saturated carbocycles. The van der Waals surface area contributed by atoms with Crippen LogP contribution in [-0.4, -0.2) is 0 Å². The van der Waals surface area contributed by atoms with Gasteiger partial charge in [0.05, 0.1) is 0 Å². The summed E-state index contributed by atoms with van der Waals surface area (Å²) >= 11 is 0. The summed E-state index contributed by atoms with van der Waals surface area (Å²) in [6.45, 7) is 2.12. The quantitative estimate of drug-likeness (QED) is 0.298. The van der Waals surface area contributed by atoms with Crippen LogP contribution < -0.4 is 37.2 Å². The summed E-state index contributed by atoms with van der Waals surface area (Å²) in [6, 6.07) is 12.8. The molecule has 0 N–H and O–H groups in total. The van der Waals surface area contributed by atoms with Crippen LogP contribution in [0, 0.1) is 6.92 Å². The Kier molecular flexibility index (Phi) is 12.7. The van der Waals surface area contributed by atoms with E-state index in [1.54, 1.807) is 0 Å². The molecular formula is C10H9Cl3Hf. The minimum atomic E-state index is 0. The Hall–Kier alpha value is 0.570. The molecule has 2 aromatic rings. The molecule has 0 nitrogen and oxygen atoms in total. The van der Waals surface area contributed by atoms with Crippen molar-refractivity contribution in [2.45, 2.75) is 6.92 Å². The molecule has 0 aromatic heterocycles. The van der Waals surface area contributed by atoms with Gasteiger partial charge in [0.25, 0.3) is 0 Å². The van der Waals surface area contributed by atoms with Crippen LogP contribution in [0.1, 0.15) is 5.56 Å². The van der Waals surface area contributed by atoms with Gasteiger partial charge in [0.15, 0.2) is 0 Å². The zero-order chi connectivity index (χ0) is 6.97. The third-order valence-electron chi connectivity index (χ3n) is 1.76. The average molecular weight is 414 g/mol. The van der Waals surface area contributed by atoms with Gasteiger partial charge < -0.3 is 37.2 Å². The number of aryl methyl sites for hydroxylation is 1. The number of hydrogen-bond donors (Lipinski definition) is 0. The molecule has 0 heterocycles. The van der Waals surface area contributed by atoms with Gasteiger partial charge in [-0.1, -0.05) is 13.0 Å². The fourth-order valence-corrected chi connectivity index (χ4v) is 1.31. The van der Waals surface area contributed by atoms with Gasteiger partial charge in [-0.25, -0.2) is 0 Å². The molecule has 0 aliphatic rings. The number of halogens is 3. The zero-order valence-corrected chi connectivity index (χ0v) is 13.5. The van der Waals surface area contributed by atoms with Gasteiger partial charge in [0.1, 0.15) is 0 Å². The van der Waals surface area contributed by atoms with Crippen molar-refractivity contribution in [1.29, 1.82) is 0 Å². The van der Waals surface area contributed by atoms with E-state index in [4.69, 9.17) is 0 Å². The van der Waals surface area contributed by atoms with E-state index in [1.165, 1.54) is 16.3 Å². The Labute approximate surface area is 122 Å². The molecule has 0 atom stereocenters. The van der Waals surface area contributed by atoms with Crippen LogP contribution in [0.5, 0.6) is 0 Å². The predicted molar refractivity (Wildman–Crippen MR) is 44.3 cm³/mol. The monoisotopic (exact) mass is 414 g/mol. The summed E-state index contributed by atoms with van der Waals surface area (Å²) < 4.78 is 0. The van der Waals surface area contributed by atoms with Crippen molar-refractivity contribution in [2.75, 3.05) is 0 Å². The Morgan fingerprint density at radius 1 is 1.00 bits per heavy atom. The molecule has 0 radical (unpaired) electrons. The fourth-order valence-electron chi connectivity index (χ4n) is 1.31. The standard InChI is InChI=1S/C10H9.3ClH.Hf/c1-8-6-9-4-2-3-5-10(9)7-8;;;;/h2-7H,1H3;3*1H;/q-1;;;;+4/p-3. The Bertz CT molecular complexity index is 324. The molecule has 0 fully saturated rings. The molecular weight excluding hydrogens is 405 g/mol. The second-order valence-corrected chi connectivity index (χ2v) is 2.66. The van der Waals surface area contributed by atoms with E-state index < -0.39 is 0 Å². The maximum Gasteiger partial charge on any atom is 4.00 e. The molecule has 0 aliphatic heterocycles. The van der Waals surface area contributed by atoms with Crippen LogP contribution in [0.4, 0.5) is 0 Å². The van der Waals surface area contributed by atoms with Crippen molar-refractivity contribution in [2.24, 2.45) is 0 Å². The minimum absolute atomic E-state index is 0. The summed E-state index contributed by atoms with van der Waals surface area (Å²) in [6.07, 6.45) is 0. The first-order valence-electron chi connectivity index (χ1n) is 3.48. The van der Waals surface area contributed by atoms with Gasteiger partial charge in [-0.05, 0) is 0 Å². The van der Waals surface area contributed by atoms with E-state index >= 15 is 0 Å². The molecule has 0 spiro atoms. The third-order valence-corrected chi connectivity index (χ3v) is 1.76. The molecule has 2 rings (SSSR count). The van der Waals surface area contributed by atoms with E-state index in [0.717, 1.165) is 0 Å². The van der Waals surface area contributed by atoms with E-state index in [1.807, 2.05) is 0 Å². The van der Waals surface area contributed by atoms with Crippen LogP contribution in [0.3, 0.4) is 0 Å². The normalized spacial score (nSPS) is 7.50. The van der Waals surface area contributed by atoms with Gasteiger partial charge >= 0.3 is 25.8 Å². The van der Waals surface area contributed by atoms with Crippen molar-refractivity contribution < 1.29 is 63.1 Å². The SMILES string of the molecule is Cc1cc2ccccc2[cH-]1.[Cl-].[Cl-].[Cl-].[Hf+4]. The maximum absolute atomic E-state index is 2.20. The molecule has 2 aromatic carbocycles. The average Bonchev–Trinajstić information content (AvgIpc) is 2.27. The summed E-state index contributed by atoms with van der Waals surface area (Å²) in [4.78, 5) is 0. The van der Waals surface area contributed by atoms with Crippen LogP contribution in [-0.2, 0) is 25.8 Å². The number of fused-ring (bicyclic) bond motifs is 1. The summed E-state index contributed by atoms with van der Waals surface area (Å²) in [5.74, 6) is 0. The summed E-state index contributed by atoms with van der Waals surface area (Å²) in [7, 11) is 0. The van der Waals surface area contributed by atoms with Gasteiger partial charge in [0, 0.05) is 0 Å². The van der Waals surface area contributed by atoms with E-state index in [0.29, 0.717) is 0 Å². The van der Waals surface area contributed by atoms with Crippen molar-refractivity contribution in [3.8, 4) is 0 Å². The van der Waals surface area contributed by atoms with E-state index in [9.17, 15) is 0 Å². The fraction of sp³-hybridized carbons (Fsp3) is 0.100. The smallest absolute Gasteiger partial charge is 1.00 e. The largest absolute Gasteiger partial charge is 4.00 e. The van der Waals surface area contributed by atoms with Crippen LogP contribution in [0.2, 0.25) is 0 Å². The van der Waals surface area contributed by atoms with E-state index in [-0.39, 0.29) is 63.1 Å². The van der Waals surface area contributed by atoms with Gasteiger partial charge in [0.2, 0.25) is 0 Å². The minimum Gasteiger partial charge on any atom is -1.00 e. The first-order chi connectivity index (χ1) is 4.86. The topological polar surface area (TPSA) is 0 Å². The third kappa shape index (κ3) is 4.39. The van der Waals surface area contributed by atoms with Crippen molar-refractivity contribution in [3.05, 3.63) is 42.0 Å². The second-order valence-electron chi connectivity index (χ2n) is 2.66. The summed E-state index contributed by atoms with van der Waals surface area (Å²) in [5.41, 5.74) is 1.35. The molecule has 0 aliphatic carbocycles. The first-order valence-corrected chi connectivity index (χ1v) is 3.48. The number of benzene rings is 1. The van der Waals surface area contributed by atoms with Crippen LogP contribution >= 0.6 is 0 Å². The van der Waals surface area contributed by atoms with Crippen LogP contribution in [0.15, 0.2) is 36.4 Å². The van der Waals surface area contributed by atoms with Crippen LogP contribution in [0.25, 0.3) is 10.8 Å². The molecule has 0 bridgehead atoms. The van der Waals surface area contributed by atoms with Crippen molar-refractivity contribution in [3.63, 3.8) is 0 Å². The van der Waals surface area contributed by atoms with E-state index in [2.05, 4.69) is 43.3 Å². The van der Waals surface area contributed by atoms with Gasteiger partial charge in [-0.2, -0.15) is 6.07 Å². The second kappa shape index (κ2) is 8.84. The van der Waals surface area contributed by atoms with Crippen molar-refractivity contribution in [1.82, 2.24) is 0 Å². The molecule has 14 heavy (non-hydrogen) atoms. The molecule has 0 unspecified atom stereocenters. The van der Waals surface area contributed by atoms with Crippen molar-refractivity contribution >= 4 is 10.8 Å². The predicted octanol–water partition coefficient (Wildman–Crippen LogP) is -6.12. The Balaban J connectivity index is -0.000000302. The number of hydrogen-bond acceptors (Lipinski definition) is 0.